The first-order valence-corrected chi connectivity index (χ1v) is 7.97. The zero-order valence-electron chi connectivity index (χ0n) is 9.90. The first-order valence-electron chi connectivity index (χ1n) is 5.81. The van der Waals surface area contributed by atoms with Gasteiger partial charge in [-0.2, -0.15) is 0 Å². The van der Waals surface area contributed by atoms with Crippen LogP contribution in [0.5, 0.6) is 5.75 Å². The van der Waals surface area contributed by atoms with Gasteiger partial charge in [0.05, 0.1) is 0 Å². The van der Waals surface area contributed by atoms with Gasteiger partial charge in [0.2, 0.25) is 0 Å². The van der Waals surface area contributed by atoms with Gasteiger partial charge in [-0.25, -0.2) is 0 Å². The fourth-order valence-corrected chi connectivity index (χ4v) is 3.63. The van der Waals surface area contributed by atoms with Crippen LogP contribution >= 0.6 is 0 Å². The Morgan fingerprint density at radius 1 is 0.882 bits per heavy atom. The SMILES string of the molecule is CCCOc1ccc([I-]c2ccccc2)cc1. The van der Waals surface area contributed by atoms with Gasteiger partial charge < -0.3 is 0 Å². The minimum atomic E-state index is -0.0532. The summed E-state index contributed by atoms with van der Waals surface area (Å²) >= 11 is -0.0532. The van der Waals surface area contributed by atoms with Crippen LogP contribution in [0.4, 0.5) is 0 Å². The van der Waals surface area contributed by atoms with Gasteiger partial charge in [0.15, 0.2) is 0 Å². The molecule has 0 aromatic heterocycles. The molecule has 0 aliphatic rings. The molecule has 0 aliphatic carbocycles. The first-order chi connectivity index (χ1) is 8.38. The van der Waals surface area contributed by atoms with Gasteiger partial charge in [0.1, 0.15) is 0 Å². The van der Waals surface area contributed by atoms with Gasteiger partial charge in [-0.15, -0.1) is 0 Å². The molecule has 0 spiro atoms. The number of rotatable bonds is 5. The van der Waals surface area contributed by atoms with Gasteiger partial charge >= 0.3 is 113 Å². The van der Waals surface area contributed by atoms with Crippen LogP contribution < -0.4 is 25.9 Å². The van der Waals surface area contributed by atoms with E-state index in [0.29, 0.717) is 0 Å². The average Bonchev–Trinajstić information content (AvgIpc) is 2.39. The third kappa shape index (κ3) is 4.04. The summed E-state index contributed by atoms with van der Waals surface area (Å²) < 4.78 is 8.45. The minimum absolute atomic E-state index is 0.0532. The Morgan fingerprint density at radius 2 is 1.53 bits per heavy atom. The Morgan fingerprint density at radius 3 is 2.18 bits per heavy atom. The summed E-state index contributed by atoms with van der Waals surface area (Å²) in [5.74, 6) is 0.979. The van der Waals surface area contributed by atoms with Crippen LogP contribution in [0.25, 0.3) is 0 Å². The summed E-state index contributed by atoms with van der Waals surface area (Å²) in [6.45, 7) is 2.92. The molecule has 0 saturated heterocycles. The van der Waals surface area contributed by atoms with Crippen LogP contribution in [0.3, 0.4) is 0 Å². The van der Waals surface area contributed by atoms with Crippen LogP contribution in [0.15, 0.2) is 54.6 Å². The summed E-state index contributed by atoms with van der Waals surface area (Å²) in [6, 6.07) is 19.2. The maximum atomic E-state index is 5.57. The van der Waals surface area contributed by atoms with Crippen molar-refractivity contribution >= 4 is 0 Å². The third-order valence-electron chi connectivity index (χ3n) is 2.24. The molecule has 0 aliphatic heterocycles. The fourth-order valence-electron chi connectivity index (χ4n) is 1.42. The summed E-state index contributed by atoms with van der Waals surface area (Å²) in [5.41, 5.74) is 0. The molecule has 0 fully saturated rings. The molecule has 0 saturated carbocycles. The standard InChI is InChI=1S/C15H16IO/c1-2-12-17-15-10-8-14(9-11-15)16-13-6-4-3-5-7-13/h3-11H,2,12H2,1H3/q-1. The van der Waals surface area contributed by atoms with Gasteiger partial charge in [-0.3, -0.25) is 0 Å². The molecule has 2 aromatic carbocycles. The Kier molecular flexibility index (Phi) is 4.86. The van der Waals surface area contributed by atoms with Gasteiger partial charge in [-0.1, -0.05) is 0 Å². The van der Waals surface area contributed by atoms with E-state index in [1.54, 1.807) is 0 Å². The molecule has 0 heterocycles. The van der Waals surface area contributed by atoms with Gasteiger partial charge in [-0.05, 0) is 0 Å². The molecule has 2 heteroatoms. The van der Waals surface area contributed by atoms with Crippen molar-refractivity contribution in [2.24, 2.45) is 0 Å². The average molecular weight is 339 g/mol. The first kappa shape index (κ1) is 12.4. The zero-order valence-corrected chi connectivity index (χ0v) is 12.1. The maximum absolute atomic E-state index is 5.57. The molecule has 1 nitrogen and oxygen atoms in total. The van der Waals surface area contributed by atoms with Crippen LogP contribution in [0.2, 0.25) is 0 Å². The van der Waals surface area contributed by atoms with E-state index in [1.807, 2.05) is 0 Å². The second-order valence-electron chi connectivity index (χ2n) is 3.69. The molecule has 0 bridgehead atoms. The molecule has 0 unspecified atom stereocenters. The molecular weight excluding hydrogens is 323 g/mol. The Bertz CT molecular complexity index is 436. The molecular formula is C15H16IO-. The normalized spacial score (nSPS) is 10.4. The van der Waals surface area contributed by atoms with Gasteiger partial charge in [0, 0.05) is 0 Å². The molecule has 90 valence electrons. The summed E-state index contributed by atoms with van der Waals surface area (Å²) in [7, 11) is 0. The molecule has 0 amide bonds. The van der Waals surface area contributed by atoms with Crippen molar-refractivity contribution in [3.63, 3.8) is 0 Å². The third-order valence-corrected chi connectivity index (χ3v) is 4.92. The molecule has 17 heavy (non-hydrogen) atoms. The topological polar surface area (TPSA) is 9.23 Å². The molecule has 0 radical (unpaired) electrons. The predicted molar refractivity (Wildman–Crippen MR) is 66.1 cm³/mol. The van der Waals surface area contributed by atoms with Crippen molar-refractivity contribution in [3.8, 4) is 5.75 Å². The molecule has 0 atom stereocenters. The van der Waals surface area contributed by atoms with Crippen molar-refractivity contribution in [2.75, 3.05) is 6.61 Å². The number of ether oxygens (including phenoxy) is 1. The number of hydrogen-bond acceptors (Lipinski definition) is 1. The van der Waals surface area contributed by atoms with Crippen molar-refractivity contribution < 1.29 is 25.9 Å². The van der Waals surface area contributed by atoms with Crippen molar-refractivity contribution in [1.29, 1.82) is 0 Å². The quantitative estimate of drug-likeness (QED) is 0.726. The Hall–Kier alpha value is -1.03. The van der Waals surface area contributed by atoms with Crippen molar-refractivity contribution in [2.45, 2.75) is 13.3 Å². The Labute approximate surface area is 113 Å². The number of hydrogen-bond donors (Lipinski definition) is 0. The number of benzene rings is 2. The molecule has 2 rings (SSSR count). The summed E-state index contributed by atoms with van der Waals surface area (Å²) in [6.07, 6.45) is 1.05. The van der Waals surface area contributed by atoms with Crippen LogP contribution in [0, 0.1) is 7.14 Å². The van der Waals surface area contributed by atoms with E-state index in [9.17, 15) is 0 Å². The van der Waals surface area contributed by atoms with E-state index in [0.717, 1.165) is 18.8 Å². The second kappa shape index (κ2) is 6.64. The van der Waals surface area contributed by atoms with E-state index < -0.39 is 0 Å². The van der Waals surface area contributed by atoms with Crippen LogP contribution in [0.1, 0.15) is 13.3 Å². The van der Waals surface area contributed by atoms with Crippen LogP contribution in [-0.4, -0.2) is 6.61 Å². The van der Waals surface area contributed by atoms with E-state index in [2.05, 4.69) is 61.5 Å². The van der Waals surface area contributed by atoms with Crippen molar-refractivity contribution in [1.82, 2.24) is 0 Å². The molecule has 0 N–H and O–H groups in total. The van der Waals surface area contributed by atoms with Crippen molar-refractivity contribution in [3.05, 3.63) is 61.7 Å². The predicted octanol–water partition coefficient (Wildman–Crippen LogP) is 0.604. The molecule has 2 aromatic rings. The van der Waals surface area contributed by atoms with E-state index in [4.69, 9.17) is 4.74 Å². The zero-order chi connectivity index (χ0) is 11.9. The van der Waals surface area contributed by atoms with E-state index in [1.165, 1.54) is 7.14 Å². The number of halogens is 1. The summed E-state index contributed by atoms with van der Waals surface area (Å²) in [4.78, 5) is 0. The monoisotopic (exact) mass is 339 g/mol. The fraction of sp³-hybridized carbons (Fsp3) is 0.200. The summed E-state index contributed by atoms with van der Waals surface area (Å²) in [5, 5.41) is 0. The van der Waals surface area contributed by atoms with Gasteiger partial charge in [0.25, 0.3) is 0 Å². The van der Waals surface area contributed by atoms with E-state index in [-0.39, 0.29) is 21.2 Å². The van der Waals surface area contributed by atoms with E-state index >= 15 is 0 Å². The Balaban J connectivity index is 1.98. The second-order valence-corrected chi connectivity index (χ2v) is 6.72. The van der Waals surface area contributed by atoms with Crippen LogP contribution in [-0.2, 0) is 0 Å².